The maximum atomic E-state index is 13.2. The molecule has 0 saturated carbocycles. The molecule has 4 unspecified atom stereocenters. The lowest BCUT2D eigenvalue weighted by Gasteiger charge is -2.35. The van der Waals surface area contributed by atoms with Crippen LogP contribution in [0, 0.1) is 13.8 Å². The van der Waals surface area contributed by atoms with Crippen molar-refractivity contribution in [1.29, 1.82) is 0 Å². The van der Waals surface area contributed by atoms with Gasteiger partial charge in [0.2, 0.25) is 0 Å². The van der Waals surface area contributed by atoms with Crippen LogP contribution in [0.25, 0.3) is 34.4 Å². The van der Waals surface area contributed by atoms with E-state index in [4.69, 9.17) is 53.1 Å². The van der Waals surface area contributed by atoms with Crippen LogP contribution >= 0.6 is 19.8 Å². The van der Waals surface area contributed by atoms with Gasteiger partial charge in [-0.25, -0.2) is 9.59 Å². The maximum absolute atomic E-state index is 13.2. The Bertz CT molecular complexity index is 4060. The molecule has 4 aliphatic rings. The van der Waals surface area contributed by atoms with E-state index in [1.807, 2.05) is 145 Å². The Balaban J connectivity index is 0.000000208. The van der Waals surface area contributed by atoms with Gasteiger partial charge in [0, 0.05) is 79.2 Å². The van der Waals surface area contributed by atoms with E-state index in [2.05, 4.69) is 59.9 Å². The standard InChI is InChI=1S/C39H42N2O6.C28H28N2O3.C11H14O4.2H3P/c1-7-45-27-20-36(43-5)32(37(21-27)44-6)22-40-34-19-26-16-17-39(3,47-35(26)18-25(34)2)24-41(4)38(42)46-23-33-30-14-10-8-12-28(30)29-13-9-11-15-31(29)33;1-18-14-26-19(15-25(18)29)12-13-28(2,33-26)17-30(3)27(31)32-16-24-22-10-6-4-8-20(22)21-9-5-7-11-23(21)24;1-4-15-8-5-10(13-2)9(7-12)11(6-8)14-3;;/h8-21,33,40H,7,22-24H2,1-6H3;4-15,24H,16-17,29H2,1-3H3;5-7H,4H2,1-3H3;2*1H3. The quantitative estimate of drug-likeness (QED) is 0.0416. The lowest BCUT2D eigenvalue weighted by Crippen LogP contribution is -2.45. The summed E-state index contributed by atoms with van der Waals surface area (Å²) >= 11 is 0. The zero-order valence-corrected chi connectivity index (χ0v) is 60.4. The molecule has 2 aliphatic carbocycles. The second kappa shape index (κ2) is 32.4. The average molecular weight is 1350 g/mol. The fourth-order valence-electron chi connectivity index (χ4n) is 12.6. The van der Waals surface area contributed by atoms with Crippen LogP contribution < -0.4 is 48.9 Å². The molecule has 0 aromatic heterocycles. The summed E-state index contributed by atoms with van der Waals surface area (Å²) in [5.74, 6) is 5.18. The van der Waals surface area contributed by atoms with Crippen LogP contribution in [0.15, 0.2) is 158 Å². The molecule has 12 rings (SSSR count). The predicted molar refractivity (Wildman–Crippen MR) is 395 cm³/mol. The van der Waals surface area contributed by atoms with E-state index < -0.39 is 11.2 Å². The van der Waals surface area contributed by atoms with Gasteiger partial charge in [-0.05, 0) is 134 Å². The molecular weight excluding hydrogens is 1260 g/mol. The van der Waals surface area contributed by atoms with E-state index in [0.29, 0.717) is 85.8 Å². The molecule has 0 bridgehead atoms. The number of fused-ring (bicyclic) bond motifs is 8. The van der Waals surface area contributed by atoms with Gasteiger partial charge in [-0.2, -0.15) is 19.8 Å². The van der Waals surface area contributed by atoms with E-state index in [0.717, 1.165) is 50.7 Å². The molecule has 17 nitrogen and oxygen atoms in total. The molecule has 97 heavy (non-hydrogen) atoms. The summed E-state index contributed by atoms with van der Waals surface area (Å²) in [5, 5.41) is 3.54. The Morgan fingerprint density at radius 2 is 0.918 bits per heavy atom. The molecule has 0 spiro atoms. The van der Waals surface area contributed by atoms with Crippen molar-refractivity contribution in [3.8, 4) is 68.2 Å². The topological polar surface area (TPSA) is 188 Å². The van der Waals surface area contributed by atoms with Crippen molar-refractivity contribution in [2.75, 3.05) is 93.1 Å². The van der Waals surface area contributed by atoms with Gasteiger partial charge in [-0.3, -0.25) is 4.79 Å². The highest BCUT2D eigenvalue weighted by Gasteiger charge is 2.36. The molecule has 0 saturated heterocycles. The van der Waals surface area contributed by atoms with Gasteiger partial charge in [0.1, 0.15) is 70.4 Å². The summed E-state index contributed by atoms with van der Waals surface area (Å²) < 4.78 is 56.9. The first-order valence-corrected chi connectivity index (χ1v) is 31.7. The molecule has 8 aromatic carbocycles. The number of likely N-dealkylation sites (N-methyl/N-ethyl adjacent to an activating group) is 2. The van der Waals surface area contributed by atoms with Crippen molar-refractivity contribution in [2.45, 2.75) is 71.1 Å². The summed E-state index contributed by atoms with van der Waals surface area (Å²) in [6.07, 6.45) is 7.97. The number of methoxy groups -OCH3 is 4. The molecule has 2 heterocycles. The van der Waals surface area contributed by atoms with Gasteiger partial charge < -0.3 is 68.2 Å². The van der Waals surface area contributed by atoms with Crippen LogP contribution in [0.4, 0.5) is 21.0 Å². The monoisotopic (exact) mass is 1350 g/mol. The summed E-state index contributed by atoms with van der Waals surface area (Å²) in [5.41, 5.74) is 21.1. The van der Waals surface area contributed by atoms with Gasteiger partial charge in [-0.1, -0.05) is 109 Å². The summed E-state index contributed by atoms with van der Waals surface area (Å²) in [6.45, 7) is 14.6. The third-order valence-corrected chi connectivity index (χ3v) is 17.4. The number of carbonyl (C=O) groups excluding carboxylic acids is 3. The molecular formula is C78H90N4O13P2. The minimum Gasteiger partial charge on any atom is -0.496 e. The number of hydrogen-bond acceptors (Lipinski definition) is 15. The minimum atomic E-state index is -0.724. The first-order chi connectivity index (χ1) is 45.8. The number of benzene rings is 8. The molecule has 2 amide bonds. The van der Waals surface area contributed by atoms with Crippen LogP contribution in [-0.4, -0.2) is 122 Å². The van der Waals surface area contributed by atoms with Crippen LogP contribution in [0.3, 0.4) is 0 Å². The second-order valence-electron chi connectivity index (χ2n) is 24.2. The molecule has 19 heteroatoms. The normalized spacial score (nSPS) is 15.4. The van der Waals surface area contributed by atoms with Crippen molar-refractivity contribution in [3.63, 3.8) is 0 Å². The number of aryl methyl sites for hydroxylation is 2. The molecule has 0 fully saturated rings. The number of aldehydes is 1. The van der Waals surface area contributed by atoms with Gasteiger partial charge in [-0.15, -0.1) is 0 Å². The fraction of sp³-hybridized carbons (Fsp3) is 0.295. The van der Waals surface area contributed by atoms with E-state index in [1.165, 1.54) is 58.7 Å². The molecule has 2 aliphatic heterocycles. The number of ether oxygens (including phenoxy) is 10. The molecule has 4 atom stereocenters. The molecule has 3 N–H and O–H groups in total. The van der Waals surface area contributed by atoms with Gasteiger partial charge >= 0.3 is 12.2 Å². The van der Waals surface area contributed by atoms with Crippen molar-refractivity contribution in [3.05, 3.63) is 213 Å². The zero-order chi connectivity index (χ0) is 67.6. The number of nitrogens with zero attached hydrogens (tertiary/aromatic N) is 2. The minimum absolute atomic E-state index is 0. The number of rotatable bonds is 20. The van der Waals surface area contributed by atoms with Crippen LogP contribution in [0.1, 0.15) is 100.0 Å². The number of amides is 2. The van der Waals surface area contributed by atoms with Crippen LogP contribution in [0.5, 0.6) is 46.0 Å². The second-order valence-corrected chi connectivity index (χ2v) is 24.2. The first-order valence-electron chi connectivity index (χ1n) is 31.7. The number of nitrogens with two attached hydrogens (primary N) is 1. The fourth-order valence-corrected chi connectivity index (χ4v) is 12.6. The van der Waals surface area contributed by atoms with Crippen LogP contribution in [-0.2, 0) is 16.0 Å². The van der Waals surface area contributed by atoms with Gasteiger partial charge in [0.15, 0.2) is 6.29 Å². The third kappa shape index (κ3) is 16.4. The van der Waals surface area contributed by atoms with E-state index in [1.54, 1.807) is 50.2 Å². The van der Waals surface area contributed by atoms with E-state index in [-0.39, 0.29) is 50.4 Å². The SMILES string of the molecule is CCOc1cc(OC)c(C=O)c(OC)c1.CCOc1cc(OC)c(CNc2cc3c(cc2C)OC(C)(CN(C)C(=O)OCC2c4ccccc4-c4ccccc42)C=C3)c(OC)c1.Cc1cc2c(cc1N)C=CC(C)(CN(C)C(=O)OCC1c3ccccc3-c3ccccc31)O2.P.P. The van der Waals surface area contributed by atoms with Crippen molar-refractivity contribution in [2.24, 2.45) is 0 Å². The summed E-state index contributed by atoms with van der Waals surface area (Å²) in [7, 11) is 9.77. The summed E-state index contributed by atoms with van der Waals surface area (Å²) in [6, 6.07) is 48.3. The number of nitrogens with one attached hydrogen (secondary N) is 1. The molecule has 510 valence electrons. The lowest BCUT2D eigenvalue weighted by atomic mass is 9.98. The Labute approximate surface area is 576 Å². The lowest BCUT2D eigenvalue weighted by molar-refractivity contribution is 0.0667. The highest BCUT2D eigenvalue weighted by atomic mass is 31.0. The Hall–Kier alpha value is -9.69. The Kier molecular flexibility index (Phi) is 24.4. The Morgan fingerprint density at radius 3 is 1.30 bits per heavy atom. The van der Waals surface area contributed by atoms with Crippen molar-refractivity contribution >= 4 is 61.8 Å². The number of anilines is 2. The molecule has 0 radical (unpaired) electrons. The summed E-state index contributed by atoms with van der Waals surface area (Å²) in [4.78, 5) is 40.1. The van der Waals surface area contributed by atoms with Gasteiger partial charge in [0.25, 0.3) is 0 Å². The van der Waals surface area contributed by atoms with Crippen molar-refractivity contribution < 1.29 is 61.8 Å². The maximum Gasteiger partial charge on any atom is 0.409 e. The average Bonchev–Trinajstić information content (AvgIpc) is 1.43. The highest BCUT2D eigenvalue weighted by molar-refractivity contribution is 6.92. The van der Waals surface area contributed by atoms with Crippen LogP contribution in [0.2, 0.25) is 0 Å². The van der Waals surface area contributed by atoms with Crippen molar-refractivity contribution in [1.82, 2.24) is 9.80 Å². The number of nitrogen functional groups attached to an aromatic ring is 1. The zero-order valence-electron chi connectivity index (χ0n) is 57.5. The molecule has 8 aromatic rings. The van der Waals surface area contributed by atoms with E-state index in [9.17, 15) is 14.4 Å². The highest BCUT2D eigenvalue weighted by Crippen LogP contribution is 2.47. The predicted octanol–water partition coefficient (Wildman–Crippen LogP) is 15.7. The smallest absolute Gasteiger partial charge is 0.409 e. The first kappa shape index (κ1) is 73.1. The largest absolute Gasteiger partial charge is 0.496 e. The number of hydrogen-bond donors (Lipinski definition) is 2. The Morgan fingerprint density at radius 1 is 0.546 bits per heavy atom. The third-order valence-electron chi connectivity index (χ3n) is 17.4. The van der Waals surface area contributed by atoms with Gasteiger partial charge in [0.05, 0.1) is 65.9 Å². The number of carbonyl (C=O) groups is 3. The van der Waals surface area contributed by atoms with E-state index >= 15 is 0 Å².